The summed E-state index contributed by atoms with van der Waals surface area (Å²) >= 11 is 1.72. The second-order valence-electron chi connectivity index (χ2n) is 3.93. The molecule has 90 valence electrons. The van der Waals surface area contributed by atoms with Gasteiger partial charge in [-0.2, -0.15) is 0 Å². The van der Waals surface area contributed by atoms with E-state index < -0.39 is 12.2 Å². The highest BCUT2D eigenvalue weighted by atomic mass is 32.2. The summed E-state index contributed by atoms with van der Waals surface area (Å²) in [6, 6.07) is 8.33. The molecule has 1 rings (SSSR count). The van der Waals surface area contributed by atoms with Crippen LogP contribution in [0.25, 0.3) is 0 Å². The molecule has 0 aliphatic carbocycles. The van der Waals surface area contributed by atoms with Gasteiger partial charge in [0.2, 0.25) is 0 Å². The van der Waals surface area contributed by atoms with E-state index in [4.69, 9.17) is 0 Å². The number of aliphatic hydroxyl groups is 2. The molecule has 0 amide bonds. The highest BCUT2D eigenvalue weighted by molar-refractivity contribution is 7.98. The molecule has 2 N–H and O–H groups in total. The number of thioether (sulfide) groups is 1. The lowest BCUT2D eigenvalue weighted by Crippen LogP contribution is -2.25. The number of hydrogen-bond acceptors (Lipinski definition) is 3. The van der Waals surface area contributed by atoms with Crippen molar-refractivity contribution in [3.05, 3.63) is 29.8 Å². The Kier molecular flexibility index (Phi) is 5.88. The van der Waals surface area contributed by atoms with Gasteiger partial charge in [0, 0.05) is 4.90 Å². The molecule has 0 bridgehead atoms. The molecule has 2 nitrogen and oxygen atoms in total. The van der Waals surface area contributed by atoms with E-state index in [1.54, 1.807) is 11.8 Å². The zero-order valence-electron chi connectivity index (χ0n) is 9.89. The molecule has 1 aromatic rings. The fraction of sp³-hybridized carbons (Fsp3) is 0.538. The van der Waals surface area contributed by atoms with E-state index in [0.29, 0.717) is 12.8 Å². The SMILES string of the molecule is CCC(O)C(O)CCc1ccc(SC)cc1. The fourth-order valence-electron chi connectivity index (χ4n) is 1.57. The van der Waals surface area contributed by atoms with Crippen LogP contribution in [0.1, 0.15) is 25.3 Å². The van der Waals surface area contributed by atoms with Crippen LogP contribution < -0.4 is 0 Å². The largest absolute Gasteiger partial charge is 0.390 e. The molecular formula is C13H20O2S. The van der Waals surface area contributed by atoms with Crippen molar-refractivity contribution in [2.24, 2.45) is 0 Å². The van der Waals surface area contributed by atoms with Crippen LogP contribution in [-0.2, 0) is 6.42 Å². The van der Waals surface area contributed by atoms with E-state index in [1.165, 1.54) is 10.5 Å². The smallest absolute Gasteiger partial charge is 0.0802 e. The van der Waals surface area contributed by atoms with E-state index in [-0.39, 0.29) is 0 Å². The molecule has 2 atom stereocenters. The van der Waals surface area contributed by atoms with E-state index in [9.17, 15) is 10.2 Å². The molecule has 0 fully saturated rings. The van der Waals surface area contributed by atoms with Gasteiger partial charge in [0.05, 0.1) is 12.2 Å². The zero-order chi connectivity index (χ0) is 12.0. The Morgan fingerprint density at radius 2 is 1.75 bits per heavy atom. The molecule has 0 heterocycles. The summed E-state index contributed by atoms with van der Waals surface area (Å²) in [4.78, 5) is 1.25. The van der Waals surface area contributed by atoms with Gasteiger partial charge in [-0.15, -0.1) is 11.8 Å². The highest BCUT2D eigenvalue weighted by Crippen LogP contribution is 2.16. The molecule has 16 heavy (non-hydrogen) atoms. The first-order chi connectivity index (χ1) is 7.67. The number of aliphatic hydroxyl groups excluding tert-OH is 2. The lowest BCUT2D eigenvalue weighted by molar-refractivity contribution is 0.0130. The van der Waals surface area contributed by atoms with Gasteiger partial charge in [0.25, 0.3) is 0 Å². The second-order valence-corrected chi connectivity index (χ2v) is 4.81. The van der Waals surface area contributed by atoms with Crippen molar-refractivity contribution in [1.29, 1.82) is 0 Å². The first kappa shape index (κ1) is 13.6. The Labute approximate surface area is 102 Å². The minimum Gasteiger partial charge on any atom is -0.390 e. The summed E-state index contributed by atoms with van der Waals surface area (Å²) in [5.41, 5.74) is 1.21. The molecule has 0 saturated heterocycles. The fourth-order valence-corrected chi connectivity index (χ4v) is 1.98. The summed E-state index contributed by atoms with van der Waals surface area (Å²) in [7, 11) is 0. The van der Waals surface area contributed by atoms with Gasteiger partial charge in [-0.05, 0) is 43.2 Å². The van der Waals surface area contributed by atoms with Crippen LogP contribution in [0.2, 0.25) is 0 Å². The quantitative estimate of drug-likeness (QED) is 0.750. The van der Waals surface area contributed by atoms with E-state index in [0.717, 1.165) is 6.42 Å². The first-order valence-corrected chi connectivity index (χ1v) is 6.89. The lowest BCUT2D eigenvalue weighted by atomic mass is 10.0. The third kappa shape index (κ3) is 4.16. The molecule has 2 unspecified atom stereocenters. The predicted octanol–water partition coefficient (Wildman–Crippen LogP) is 2.47. The minimum absolute atomic E-state index is 0.592. The van der Waals surface area contributed by atoms with Gasteiger partial charge in [0.15, 0.2) is 0 Å². The van der Waals surface area contributed by atoms with Crippen LogP contribution in [-0.4, -0.2) is 28.7 Å². The van der Waals surface area contributed by atoms with E-state index in [1.807, 2.05) is 6.92 Å². The minimum atomic E-state index is -0.606. The summed E-state index contributed by atoms with van der Waals surface area (Å²) in [6.07, 6.45) is 2.89. The topological polar surface area (TPSA) is 40.5 Å². The Hall–Kier alpha value is -0.510. The molecular weight excluding hydrogens is 220 g/mol. The van der Waals surface area contributed by atoms with Crippen molar-refractivity contribution in [3.63, 3.8) is 0 Å². The summed E-state index contributed by atoms with van der Waals surface area (Å²) in [6.45, 7) is 1.88. The Balaban J connectivity index is 2.42. The standard InChI is InChI=1S/C13H20O2S/c1-3-12(14)13(15)9-6-10-4-7-11(16-2)8-5-10/h4-5,7-8,12-15H,3,6,9H2,1-2H3. The monoisotopic (exact) mass is 240 g/mol. The summed E-state index contributed by atoms with van der Waals surface area (Å²) < 4.78 is 0. The number of benzene rings is 1. The van der Waals surface area contributed by atoms with E-state index >= 15 is 0 Å². The van der Waals surface area contributed by atoms with Crippen LogP contribution in [0.15, 0.2) is 29.2 Å². The van der Waals surface area contributed by atoms with Gasteiger partial charge in [-0.3, -0.25) is 0 Å². The van der Waals surface area contributed by atoms with Crippen molar-refractivity contribution in [2.75, 3.05) is 6.26 Å². The average Bonchev–Trinajstić information content (AvgIpc) is 2.35. The molecule has 0 aromatic heterocycles. The van der Waals surface area contributed by atoms with Crippen molar-refractivity contribution in [3.8, 4) is 0 Å². The van der Waals surface area contributed by atoms with Crippen LogP contribution in [0.3, 0.4) is 0 Å². The third-order valence-electron chi connectivity index (χ3n) is 2.75. The van der Waals surface area contributed by atoms with Crippen molar-refractivity contribution < 1.29 is 10.2 Å². The molecule has 1 aromatic carbocycles. The average molecular weight is 240 g/mol. The van der Waals surface area contributed by atoms with Crippen LogP contribution in [0.5, 0.6) is 0 Å². The van der Waals surface area contributed by atoms with Crippen molar-refractivity contribution >= 4 is 11.8 Å². The lowest BCUT2D eigenvalue weighted by Gasteiger charge is -2.15. The number of hydrogen-bond donors (Lipinski definition) is 2. The third-order valence-corrected chi connectivity index (χ3v) is 3.49. The summed E-state index contributed by atoms with van der Waals surface area (Å²) in [5, 5.41) is 19.1. The maximum absolute atomic E-state index is 9.63. The normalized spacial score (nSPS) is 14.8. The molecule has 0 radical (unpaired) electrons. The molecule has 0 aliphatic rings. The number of aryl methyl sites for hydroxylation is 1. The van der Waals surface area contributed by atoms with Crippen molar-refractivity contribution in [1.82, 2.24) is 0 Å². The Morgan fingerprint density at radius 3 is 2.25 bits per heavy atom. The van der Waals surface area contributed by atoms with Crippen molar-refractivity contribution in [2.45, 2.75) is 43.3 Å². The molecule has 0 saturated carbocycles. The Bertz CT molecular complexity index is 297. The molecule has 0 spiro atoms. The first-order valence-electron chi connectivity index (χ1n) is 5.66. The van der Waals surface area contributed by atoms with Gasteiger partial charge in [-0.25, -0.2) is 0 Å². The van der Waals surface area contributed by atoms with Crippen LogP contribution >= 0.6 is 11.8 Å². The zero-order valence-corrected chi connectivity index (χ0v) is 10.7. The van der Waals surface area contributed by atoms with Gasteiger partial charge < -0.3 is 10.2 Å². The molecule has 3 heteroatoms. The van der Waals surface area contributed by atoms with Gasteiger partial charge >= 0.3 is 0 Å². The maximum atomic E-state index is 9.63. The summed E-state index contributed by atoms with van der Waals surface area (Å²) in [5.74, 6) is 0. The van der Waals surface area contributed by atoms with E-state index in [2.05, 4.69) is 30.5 Å². The van der Waals surface area contributed by atoms with Crippen LogP contribution in [0, 0.1) is 0 Å². The van der Waals surface area contributed by atoms with Crippen LogP contribution in [0.4, 0.5) is 0 Å². The van der Waals surface area contributed by atoms with Gasteiger partial charge in [-0.1, -0.05) is 19.1 Å². The Morgan fingerprint density at radius 1 is 1.12 bits per heavy atom. The highest BCUT2D eigenvalue weighted by Gasteiger charge is 2.13. The maximum Gasteiger partial charge on any atom is 0.0802 e. The van der Waals surface area contributed by atoms with Gasteiger partial charge in [0.1, 0.15) is 0 Å². The molecule has 0 aliphatic heterocycles. The number of rotatable bonds is 6. The second kappa shape index (κ2) is 6.94. The predicted molar refractivity (Wildman–Crippen MR) is 68.8 cm³/mol.